The lowest BCUT2D eigenvalue weighted by Gasteiger charge is -2.21. The van der Waals surface area contributed by atoms with E-state index in [1.165, 1.54) is 7.11 Å². The van der Waals surface area contributed by atoms with Crippen molar-refractivity contribution in [2.24, 2.45) is 24.8 Å². The second-order valence-corrected chi connectivity index (χ2v) is 16.7. The van der Waals surface area contributed by atoms with Crippen LogP contribution in [0.25, 0.3) is 10.9 Å². The van der Waals surface area contributed by atoms with Gasteiger partial charge in [0.05, 0.1) is 41.8 Å². The number of nitrogens with one attached hydrogen (secondary N) is 2. The molecule has 41 heavy (non-hydrogen) atoms. The zero-order valence-corrected chi connectivity index (χ0v) is 25.0. The van der Waals surface area contributed by atoms with Crippen LogP contribution in [0.5, 0.6) is 0 Å². The Labute approximate surface area is 241 Å². The summed E-state index contributed by atoms with van der Waals surface area (Å²) in [6.45, 7) is 8.31. The van der Waals surface area contributed by atoms with E-state index in [2.05, 4.69) is 46.4 Å². The molecule has 2 unspecified atom stereocenters. The van der Waals surface area contributed by atoms with Crippen molar-refractivity contribution in [2.75, 3.05) is 30.4 Å². The van der Waals surface area contributed by atoms with Crippen molar-refractivity contribution in [3.63, 3.8) is 0 Å². The molecule has 1 aliphatic carbocycles. The molecule has 2 atom stereocenters. The number of nitrogens with zero attached hydrogens (tertiary/aromatic N) is 4. The van der Waals surface area contributed by atoms with E-state index in [9.17, 15) is 10.2 Å². The molecule has 2 N–H and O–H groups in total. The molecular formula is C32H34N6O2Si. The average Bonchev–Trinajstić information content (AvgIpc) is 3.24. The van der Waals surface area contributed by atoms with Crippen LogP contribution in [0.1, 0.15) is 16.7 Å². The molecule has 8 nitrogen and oxygen atoms in total. The molecule has 0 amide bonds. The van der Waals surface area contributed by atoms with Crippen LogP contribution < -0.4 is 10.2 Å². The highest BCUT2D eigenvalue weighted by Gasteiger charge is 2.60. The standard InChI is InChI=1S/C32H34N6O2Si/c1-37-17-24-22(9-7-11-27(24)36-37)30(33)23-10-6-8-20(14-15-41(3,4)5)31(23)35-21-12-13-28(34-16-21)38-18-25-26(19-38)29(25)32(39)40-2/h6-13,16-17,25-26,29,33,35H,18-19H2,1-5H3. The number of pyridine rings is 1. The van der Waals surface area contributed by atoms with Crippen LogP contribution in [0.3, 0.4) is 0 Å². The average molecular weight is 563 g/mol. The molecule has 3 heterocycles. The highest BCUT2D eigenvalue weighted by molar-refractivity contribution is 6.83. The number of para-hydroxylation sites is 1. The van der Waals surface area contributed by atoms with Gasteiger partial charge < -0.3 is 15.0 Å². The molecule has 208 valence electrons. The Bertz CT molecular complexity index is 1720. The molecule has 6 rings (SSSR count). The number of carbonyl (C=O) groups is 1. The van der Waals surface area contributed by atoms with Crippen molar-refractivity contribution in [2.45, 2.75) is 19.6 Å². The molecule has 0 radical (unpaired) electrons. The first-order valence-electron chi connectivity index (χ1n) is 13.9. The van der Waals surface area contributed by atoms with Crippen LogP contribution in [0.15, 0.2) is 60.9 Å². The number of aromatic nitrogens is 3. The van der Waals surface area contributed by atoms with Crippen LogP contribution in [-0.4, -0.2) is 54.7 Å². The number of piperidine rings is 1. The Kier molecular flexibility index (Phi) is 6.66. The SMILES string of the molecule is COC(=O)C1C2CN(c3ccc(Nc4c(C#C[Si](C)(C)C)cccc4C(=N)c4cccc5nn(C)cc45)cn3)CC21. The van der Waals surface area contributed by atoms with E-state index >= 15 is 0 Å². The summed E-state index contributed by atoms with van der Waals surface area (Å²) in [5, 5.41) is 18.3. The van der Waals surface area contributed by atoms with Crippen molar-refractivity contribution in [1.82, 2.24) is 14.8 Å². The predicted molar refractivity (Wildman–Crippen MR) is 166 cm³/mol. The van der Waals surface area contributed by atoms with E-state index in [0.29, 0.717) is 17.5 Å². The van der Waals surface area contributed by atoms with Gasteiger partial charge in [0.2, 0.25) is 0 Å². The second kappa shape index (κ2) is 10.2. The highest BCUT2D eigenvalue weighted by atomic mass is 28.3. The number of hydrogen-bond acceptors (Lipinski definition) is 7. The van der Waals surface area contributed by atoms with Crippen LogP contribution in [0, 0.1) is 34.6 Å². The van der Waals surface area contributed by atoms with Crippen LogP contribution >= 0.6 is 0 Å². The van der Waals surface area contributed by atoms with Gasteiger partial charge in [-0.3, -0.25) is 14.9 Å². The van der Waals surface area contributed by atoms with Crippen molar-refractivity contribution in [1.29, 1.82) is 5.41 Å². The van der Waals surface area contributed by atoms with Gasteiger partial charge in [0.25, 0.3) is 0 Å². The minimum absolute atomic E-state index is 0.0391. The maximum Gasteiger partial charge on any atom is 0.309 e. The molecule has 2 aromatic heterocycles. The lowest BCUT2D eigenvalue weighted by atomic mass is 9.96. The lowest BCUT2D eigenvalue weighted by molar-refractivity contribution is -0.142. The van der Waals surface area contributed by atoms with Crippen LogP contribution in [0.4, 0.5) is 17.2 Å². The fourth-order valence-electron chi connectivity index (χ4n) is 5.77. The van der Waals surface area contributed by atoms with E-state index in [-0.39, 0.29) is 11.9 Å². The molecule has 2 fully saturated rings. The van der Waals surface area contributed by atoms with Gasteiger partial charge in [-0.2, -0.15) is 5.10 Å². The first kappa shape index (κ1) is 26.8. The monoisotopic (exact) mass is 562 g/mol. The van der Waals surface area contributed by atoms with E-state index in [1.807, 2.05) is 68.0 Å². The molecule has 0 bridgehead atoms. The van der Waals surface area contributed by atoms with Crippen molar-refractivity contribution in [3.8, 4) is 11.5 Å². The smallest absolute Gasteiger partial charge is 0.309 e. The highest BCUT2D eigenvalue weighted by Crippen LogP contribution is 2.52. The molecule has 1 saturated carbocycles. The number of benzene rings is 2. The number of aryl methyl sites for hydroxylation is 1. The summed E-state index contributed by atoms with van der Waals surface area (Å²) in [7, 11) is 1.72. The molecule has 9 heteroatoms. The minimum Gasteiger partial charge on any atom is -0.469 e. The normalized spacial score (nSPS) is 19.3. The number of carbonyl (C=O) groups excluding carboxylic acids is 1. The first-order valence-corrected chi connectivity index (χ1v) is 17.4. The first-order chi connectivity index (χ1) is 19.6. The van der Waals surface area contributed by atoms with Crippen LogP contribution in [0.2, 0.25) is 19.6 Å². The zero-order valence-electron chi connectivity index (χ0n) is 24.0. The third-order valence-corrected chi connectivity index (χ3v) is 8.72. The summed E-state index contributed by atoms with van der Waals surface area (Å²) in [5.74, 6) is 4.97. The number of esters is 1. The zero-order chi connectivity index (χ0) is 28.9. The van der Waals surface area contributed by atoms with Crippen molar-refractivity contribution in [3.05, 3.63) is 77.6 Å². The van der Waals surface area contributed by atoms with Crippen molar-refractivity contribution >= 4 is 47.9 Å². The quantitative estimate of drug-likeness (QED) is 0.145. The van der Waals surface area contributed by atoms with Gasteiger partial charge in [-0.15, -0.1) is 5.54 Å². The number of hydrogen-bond donors (Lipinski definition) is 2. The number of fused-ring (bicyclic) bond motifs is 2. The van der Waals surface area contributed by atoms with Gasteiger partial charge in [-0.25, -0.2) is 4.98 Å². The van der Waals surface area contributed by atoms with Gasteiger partial charge >= 0.3 is 5.97 Å². The van der Waals surface area contributed by atoms with E-state index < -0.39 is 8.07 Å². The van der Waals surface area contributed by atoms with E-state index in [4.69, 9.17) is 9.72 Å². The molecule has 2 aliphatic rings. The number of rotatable bonds is 6. The van der Waals surface area contributed by atoms with Gasteiger partial charge in [0, 0.05) is 48.4 Å². The molecule has 4 aromatic rings. The second-order valence-electron chi connectivity index (χ2n) is 12.0. The van der Waals surface area contributed by atoms with Gasteiger partial charge in [-0.1, -0.05) is 49.8 Å². The fraction of sp³-hybridized carbons (Fsp3) is 0.312. The van der Waals surface area contributed by atoms with E-state index in [0.717, 1.165) is 57.9 Å². The lowest BCUT2D eigenvalue weighted by Crippen LogP contribution is -2.27. The predicted octanol–water partition coefficient (Wildman–Crippen LogP) is 5.21. The number of anilines is 3. The molecule has 1 aliphatic heterocycles. The Hall–Kier alpha value is -4.42. The summed E-state index contributed by atoms with van der Waals surface area (Å²) >= 11 is 0. The summed E-state index contributed by atoms with van der Waals surface area (Å²) in [4.78, 5) is 18.9. The largest absolute Gasteiger partial charge is 0.469 e. The molecule has 2 aromatic carbocycles. The Morgan fingerprint density at radius 2 is 1.80 bits per heavy atom. The Balaban J connectivity index is 1.31. The summed E-state index contributed by atoms with van der Waals surface area (Å²) in [6, 6.07) is 15.8. The minimum atomic E-state index is -1.64. The Morgan fingerprint density at radius 3 is 2.49 bits per heavy atom. The summed E-state index contributed by atoms with van der Waals surface area (Å²) in [6.07, 6.45) is 3.79. The third kappa shape index (κ3) is 5.23. The topological polar surface area (TPSA) is 96.1 Å². The van der Waals surface area contributed by atoms with Gasteiger partial charge in [0.15, 0.2) is 0 Å². The summed E-state index contributed by atoms with van der Waals surface area (Å²) in [5.41, 5.74) is 8.80. The Morgan fingerprint density at radius 1 is 1.07 bits per heavy atom. The van der Waals surface area contributed by atoms with Crippen molar-refractivity contribution < 1.29 is 9.53 Å². The molecule has 0 spiro atoms. The maximum absolute atomic E-state index is 11.9. The molecule has 1 saturated heterocycles. The van der Waals surface area contributed by atoms with Gasteiger partial charge in [0.1, 0.15) is 13.9 Å². The fourth-order valence-corrected chi connectivity index (χ4v) is 6.28. The van der Waals surface area contributed by atoms with Crippen LogP contribution in [-0.2, 0) is 16.6 Å². The number of ether oxygens (including phenoxy) is 1. The maximum atomic E-state index is 11.9. The molecular weight excluding hydrogens is 528 g/mol. The number of methoxy groups -OCH3 is 1. The third-order valence-electron chi connectivity index (χ3n) is 7.85. The van der Waals surface area contributed by atoms with E-state index in [1.54, 1.807) is 4.68 Å². The van der Waals surface area contributed by atoms with Gasteiger partial charge in [-0.05, 0) is 36.1 Å². The summed E-state index contributed by atoms with van der Waals surface area (Å²) < 4.78 is 6.72.